The van der Waals surface area contributed by atoms with E-state index < -0.39 is 0 Å². The SMILES string of the molecule is C=c1[nH]n(-c2ccccc2)c(=O)/c1=C\Nc1cc(Cl)ccc1OC. The Morgan fingerprint density at radius 3 is 2.71 bits per heavy atom. The molecule has 24 heavy (non-hydrogen) atoms. The number of nitrogens with zero attached hydrogens (tertiary/aromatic N) is 1. The molecule has 0 unspecified atom stereocenters. The molecule has 5 nitrogen and oxygen atoms in total. The number of nitrogens with one attached hydrogen (secondary N) is 2. The van der Waals surface area contributed by atoms with Crippen molar-refractivity contribution < 1.29 is 4.74 Å². The first kappa shape index (κ1) is 16.0. The third kappa shape index (κ3) is 3.07. The van der Waals surface area contributed by atoms with E-state index in [1.54, 1.807) is 31.5 Å². The van der Waals surface area contributed by atoms with Crippen molar-refractivity contribution in [2.45, 2.75) is 0 Å². The van der Waals surface area contributed by atoms with Crippen molar-refractivity contribution in [2.24, 2.45) is 0 Å². The first-order chi connectivity index (χ1) is 11.6. The van der Waals surface area contributed by atoms with Crippen molar-refractivity contribution in [2.75, 3.05) is 12.4 Å². The first-order valence-electron chi connectivity index (χ1n) is 7.26. The van der Waals surface area contributed by atoms with E-state index in [9.17, 15) is 4.79 Å². The molecule has 1 heterocycles. The highest BCUT2D eigenvalue weighted by molar-refractivity contribution is 6.31. The summed E-state index contributed by atoms with van der Waals surface area (Å²) >= 11 is 6.01. The molecule has 0 saturated carbocycles. The van der Waals surface area contributed by atoms with Crippen LogP contribution in [0.2, 0.25) is 5.02 Å². The van der Waals surface area contributed by atoms with E-state index in [1.165, 1.54) is 4.68 Å². The summed E-state index contributed by atoms with van der Waals surface area (Å²) in [5.41, 5.74) is 1.21. The van der Waals surface area contributed by atoms with Crippen LogP contribution in [0.25, 0.3) is 18.5 Å². The maximum atomic E-state index is 12.6. The minimum Gasteiger partial charge on any atom is -0.495 e. The summed E-state index contributed by atoms with van der Waals surface area (Å²) in [5, 5.41) is 7.54. The summed E-state index contributed by atoms with van der Waals surface area (Å²) in [6.45, 7) is 3.89. The second kappa shape index (κ2) is 6.68. The highest BCUT2D eigenvalue weighted by Gasteiger charge is 2.05. The van der Waals surface area contributed by atoms with Gasteiger partial charge in [0.05, 0.1) is 29.1 Å². The van der Waals surface area contributed by atoms with Gasteiger partial charge >= 0.3 is 0 Å². The minimum atomic E-state index is -0.195. The van der Waals surface area contributed by atoms with Crippen LogP contribution < -0.4 is 26.2 Å². The fourth-order valence-corrected chi connectivity index (χ4v) is 2.52. The van der Waals surface area contributed by atoms with Crippen molar-refractivity contribution in [3.05, 3.63) is 74.5 Å². The Kier molecular flexibility index (Phi) is 4.44. The highest BCUT2D eigenvalue weighted by Crippen LogP contribution is 2.27. The Balaban J connectivity index is 2.04. The quantitative estimate of drug-likeness (QED) is 0.764. The fourth-order valence-electron chi connectivity index (χ4n) is 2.35. The third-order valence-corrected chi connectivity index (χ3v) is 3.79. The van der Waals surface area contributed by atoms with Crippen LogP contribution in [0.4, 0.5) is 5.69 Å². The first-order valence-corrected chi connectivity index (χ1v) is 7.63. The topological polar surface area (TPSA) is 59.0 Å². The number of halogens is 1. The Hall–Kier alpha value is -2.92. The van der Waals surface area contributed by atoms with Crippen LogP contribution in [-0.4, -0.2) is 16.9 Å². The smallest absolute Gasteiger partial charge is 0.280 e. The lowest BCUT2D eigenvalue weighted by Gasteiger charge is -2.07. The van der Waals surface area contributed by atoms with Gasteiger partial charge in [0.1, 0.15) is 5.75 Å². The van der Waals surface area contributed by atoms with E-state index in [0.717, 1.165) is 5.69 Å². The molecule has 3 aromatic rings. The molecule has 0 radical (unpaired) electrons. The van der Waals surface area contributed by atoms with E-state index in [4.69, 9.17) is 16.3 Å². The number of hydrogen-bond acceptors (Lipinski definition) is 3. The standard InChI is InChI=1S/C18H16ClN3O2/c1-12-15(11-20-16-10-13(19)8-9-17(16)24-2)18(23)22(21-12)14-6-4-3-5-7-14/h3-11,20-21H,1H2,2H3/b15-11-. The average Bonchev–Trinajstić information content (AvgIpc) is 2.88. The molecular formula is C18H16ClN3O2. The summed E-state index contributed by atoms with van der Waals surface area (Å²) in [6, 6.07) is 14.5. The zero-order valence-corrected chi connectivity index (χ0v) is 13.8. The molecule has 0 aliphatic rings. The summed E-state index contributed by atoms with van der Waals surface area (Å²) in [5.74, 6) is 0.625. The van der Waals surface area contributed by atoms with Crippen molar-refractivity contribution >= 4 is 30.1 Å². The molecule has 2 aromatic carbocycles. The molecule has 0 fully saturated rings. The molecule has 3 rings (SSSR count). The number of H-pyrrole nitrogens is 1. The summed E-state index contributed by atoms with van der Waals surface area (Å²) in [7, 11) is 1.57. The van der Waals surface area contributed by atoms with E-state index in [0.29, 0.717) is 27.0 Å². The Bertz CT molecular complexity index is 1020. The lowest BCUT2D eigenvalue weighted by molar-refractivity contribution is 0.417. The predicted octanol–water partition coefficient (Wildman–Crippen LogP) is 2.09. The van der Waals surface area contributed by atoms with E-state index in [-0.39, 0.29) is 5.56 Å². The number of aromatic nitrogens is 2. The van der Waals surface area contributed by atoms with Crippen LogP contribution in [0.5, 0.6) is 5.75 Å². The van der Waals surface area contributed by atoms with E-state index in [2.05, 4.69) is 17.0 Å². The largest absolute Gasteiger partial charge is 0.495 e. The van der Waals surface area contributed by atoms with Gasteiger partial charge < -0.3 is 10.1 Å². The molecule has 122 valence electrons. The number of ether oxygens (including phenoxy) is 1. The van der Waals surface area contributed by atoms with Crippen LogP contribution in [0.3, 0.4) is 0 Å². The highest BCUT2D eigenvalue weighted by atomic mass is 35.5. The number of aromatic amines is 1. The fraction of sp³-hybridized carbons (Fsp3) is 0.0556. The lowest BCUT2D eigenvalue weighted by Crippen LogP contribution is -2.34. The van der Waals surface area contributed by atoms with Gasteiger partial charge in [0.15, 0.2) is 0 Å². The minimum absolute atomic E-state index is 0.195. The zero-order chi connectivity index (χ0) is 17.1. The summed E-state index contributed by atoms with van der Waals surface area (Å²) in [6.07, 6.45) is 1.59. The normalized spacial score (nSPS) is 11.5. The van der Waals surface area contributed by atoms with Crippen LogP contribution in [0, 0.1) is 0 Å². The number of benzene rings is 2. The van der Waals surface area contributed by atoms with Gasteiger partial charge in [-0.1, -0.05) is 36.4 Å². The Labute approximate surface area is 143 Å². The van der Waals surface area contributed by atoms with Crippen LogP contribution in [0.1, 0.15) is 0 Å². The van der Waals surface area contributed by atoms with Gasteiger partial charge in [-0.05, 0) is 30.3 Å². The second-order valence-electron chi connectivity index (χ2n) is 5.11. The van der Waals surface area contributed by atoms with Crippen molar-refractivity contribution in [3.63, 3.8) is 0 Å². The molecule has 0 aliphatic heterocycles. The van der Waals surface area contributed by atoms with Crippen LogP contribution in [-0.2, 0) is 0 Å². The van der Waals surface area contributed by atoms with Gasteiger partial charge in [0, 0.05) is 11.2 Å². The molecule has 0 saturated heterocycles. The van der Waals surface area contributed by atoms with Gasteiger partial charge in [0.25, 0.3) is 5.56 Å². The molecule has 6 heteroatoms. The lowest BCUT2D eigenvalue weighted by atomic mass is 10.3. The number of methoxy groups -OCH3 is 1. The number of hydrogen-bond donors (Lipinski definition) is 2. The monoisotopic (exact) mass is 341 g/mol. The van der Waals surface area contributed by atoms with Crippen molar-refractivity contribution in [1.29, 1.82) is 0 Å². The molecule has 1 aromatic heterocycles. The number of rotatable bonds is 4. The maximum Gasteiger partial charge on any atom is 0.280 e. The van der Waals surface area contributed by atoms with Gasteiger partial charge in [-0.2, -0.15) is 0 Å². The van der Waals surface area contributed by atoms with Crippen molar-refractivity contribution in [3.8, 4) is 11.4 Å². The zero-order valence-electron chi connectivity index (χ0n) is 13.0. The van der Waals surface area contributed by atoms with Gasteiger partial charge in [-0.3, -0.25) is 9.89 Å². The number of para-hydroxylation sites is 1. The van der Waals surface area contributed by atoms with Crippen molar-refractivity contribution in [1.82, 2.24) is 9.78 Å². The second-order valence-corrected chi connectivity index (χ2v) is 5.55. The third-order valence-electron chi connectivity index (χ3n) is 3.55. The Morgan fingerprint density at radius 1 is 1.25 bits per heavy atom. The molecular weight excluding hydrogens is 326 g/mol. The Morgan fingerprint density at radius 2 is 2.00 bits per heavy atom. The molecule has 2 N–H and O–H groups in total. The van der Waals surface area contributed by atoms with Gasteiger partial charge in [-0.25, -0.2) is 4.68 Å². The molecule has 0 spiro atoms. The summed E-state index contributed by atoms with van der Waals surface area (Å²) < 4.78 is 6.73. The molecule has 0 bridgehead atoms. The maximum absolute atomic E-state index is 12.6. The van der Waals surface area contributed by atoms with E-state index >= 15 is 0 Å². The summed E-state index contributed by atoms with van der Waals surface area (Å²) in [4.78, 5) is 12.6. The average molecular weight is 342 g/mol. The number of anilines is 1. The molecule has 0 atom stereocenters. The van der Waals surface area contributed by atoms with Gasteiger partial charge in [0.2, 0.25) is 0 Å². The van der Waals surface area contributed by atoms with Crippen LogP contribution >= 0.6 is 11.6 Å². The molecule has 0 amide bonds. The predicted molar refractivity (Wildman–Crippen MR) is 97.3 cm³/mol. The van der Waals surface area contributed by atoms with E-state index in [1.807, 2.05) is 30.3 Å². The van der Waals surface area contributed by atoms with Crippen LogP contribution in [0.15, 0.2) is 53.3 Å². The van der Waals surface area contributed by atoms with Gasteiger partial charge in [-0.15, -0.1) is 0 Å². The molecule has 0 aliphatic carbocycles.